The predicted octanol–water partition coefficient (Wildman–Crippen LogP) is 3.38. The van der Waals surface area contributed by atoms with Gasteiger partial charge in [-0.2, -0.15) is 0 Å². The van der Waals surface area contributed by atoms with Gasteiger partial charge in [-0.15, -0.1) is 11.3 Å². The minimum absolute atomic E-state index is 0.00964. The Balaban J connectivity index is 2.26. The van der Waals surface area contributed by atoms with Gasteiger partial charge < -0.3 is 10.2 Å². The van der Waals surface area contributed by atoms with E-state index >= 15 is 0 Å². The molecular weight excluding hydrogens is 300 g/mol. The fourth-order valence-electron chi connectivity index (χ4n) is 1.68. The van der Waals surface area contributed by atoms with Crippen LogP contribution in [0.5, 0.6) is 0 Å². The molecule has 2 aromatic heterocycles. The SMILES string of the molecule is CNc1cc([N+](=O)[O-])cc(N(C)Cc2ccc(Cl)s2)n1. The van der Waals surface area contributed by atoms with Gasteiger partial charge in [0.2, 0.25) is 0 Å². The normalized spacial score (nSPS) is 10.3. The Morgan fingerprint density at radius 1 is 1.50 bits per heavy atom. The molecular formula is C12H13ClN4O2S. The van der Waals surface area contributed by atoms with Crippen LogP contribution in [0, 0.1) is 10.1 Å². The van der Waals surface area contributed by atoms with Crippen LogP contribution in [0.4, 0.5) is 17.3 Å². The molecule has 1 N–H and O–H groups in total. The summed E-state index contributed by atoms with van der Waals surface area (Å²) in [4.78, 5) is 17.7. The number of thiophene rings is 1. The van der Waals surface area contributed by atoms with Crippen molar-refractivity contribution < 1.29 is 4.92 Å². The maximum absolute atomic E-state index is 10.9. The number of hydrogen-bond acceptors (Lipinski definition) is 6. The lowest BCUT2D eigenvalue weighted by Gasteiger charge is -2.17. The molecule has 0 saturated heterocycles. The maximum atomic E-state index is 10.9. The molecule has 8 heteroatoms. The van der Waals surface area contributed by atoms with Crippen molar-refractivity contribution in [1.29, 1.82) is 0 Å². The largest absolute Gasteiger partial charge is 0.373 e. The van der Waals surface area contributed by atoms with Crippen molar-refractivity contribution in [2.75, 3.05) is 24.3 Å². The summed E-state index contributed by atoms with van der Waals surface area (Å²) in [7, 11) is 3.51. The molecule has 0 fully saturated rings. The highest BCUT2D eigenvalue weighted by Gasteiger charge is 2.14. The first-order chi connectivity index (χ1) is 9.49. The number of aromatic nitrogens is 1. The molecule has 0 aliphatic carbocycles. The van der Waals surface area contributed by atoms with E-state index in [0.717, 1.165) is 9.21 Å². The number of rotatable bonds is 5. The minimum atomic E-state index is -0.429. The van der Waals surface area contributed by atoms with Gasteiger partial charge in [-0.3, -0.25) is 10.1 Å². The van der Waals surface area contributed by atoms with E-state index in [1.165, 1.54) is 23.5 Å². The van der Waals surface area contributed by atoms with Crippen LogP contribution in [0.3, 0.4) is 0 Å². The first-order valence-corrected chi connectivity index (χ1v) is 6.98. The van der Waals surface area contributed by atoms with Crippen molar-refractivity contribution in [3.63, 3.8) is 0 Å². The highest BCUT2D eigenvalue weighted by molar-refractivity contribution is 7.16. The Bertz CT molecular complexity index is 632. The number of pyridine rings is 1. The number of nitro groups is 1. The summed E-state index contributed by atoms with van der Waals surface area (Å²) in [6, 6.07) is 6.62. The van der Waals surface area contributed by atoms with Crippen molar-refractivity contribution in [3.05, 3.63) is 43.6 Å². The molecule has 0 spiro atoms. The number of nitrogens with one attached hydrogen (secondary N) is 1. The quantitative estimate of drug-likeness (QED) is 0.677. The maximum Gasteiger partial charge on any atom is 0.276 e. The standard InChI is InChI=1S/C12H13ClN4O2S/c1-14-11-5-8(17(18)19)6-12(15-11)16(2)7-9-3-4-10(13)20-9/h3-6H,7H2,1-2H3,(H,14,15). The summed E-state index contributed by atoms with van der Waals surface area (Å²) < 4.78 is 0.719. The molecule has 0 atom stereocenters. The topological polar surface area (TPSA) is 71.3 Å². The summed E-state index contributed by atoms with van der Waals surface area (Å²) in [6.45, 7) is 0.592. The van der Waals surface area contributed by atoms with E-state index in [4.69, 9.17) is 11.6 Å². The third-order valence-electron chi connectivity index (χ3n) is 2.68. The van der Waals surface area contributed by atoms with E-state index in [2.05, 4.69) is 10.3 Å². The Labute approximate surface area is 125 Å². The molecule has 2 rings (SSSR count). The second kappa shape index (κ2) is 6.06. The van der Waals surface area contributed by atoms with E-state index in [-0.39, 0.29) is 5.69 Å². The van der Waals surface area contributed by atoms with Gasteiger partial charge in [0.15, 0.2) is 0 Å². The number of halogens is 1. The molecule has 0 saturated carbocycles. The monoisotopic (exact) mass is 312 g/mol. The molecule has 106 valence electrons. The van der Waals surface area contributed by atoms with Crippen LogP contribution >= 0.6 is 22.9 Å². The molecule has 0 bridgehead atoms. The zero-order valence-electron chi connectivity index (χ0n) is 11.0. The first-order valence-electron chi connectivity index (χ1n) is 5.79. The first kappa shape index (κ1) is 14.5. The van der Waals surface area contributed by atoms with Crippen LogP contribution in [0.25, 0.3) is 0 Å². The smallest absolute Gasteiger partial charge is 0.276 e. The second-order valence-electron chi connectivity index (χ2n) is 4.14. The van der Waals surface area contributed by atoms with Crippen molar-refractivity contribution in [2.24, 2.45) is 0 Å². The molecule has 20 heavy (non-hydrogen) atoms. The zero-order valence-corrected chi connectivity index (χ0v) is 12.5. The summed E-state index contributed by atoms with van der Waals surface area (Å²) in [5, 5.41) is 13.7. The summed E-state index contributed by atoms with van der Waals surface area (Å²) in [6.07, 6.45) is 0. The van der Waals surface area contributed by atoms with Gasteiger partial charge >= 0.3 is 0 Å². The zero-order chi connectivity index (χ0) is 14.7. The molecule has 6 nitrogen and oxygen atoms in total. The van der Waals surface area contributed by atoms with Crippen molar-refractivity contribution >= 4 is 40.3 Å². The molecule has 2 aromatic rings. The van der Waals surface area contributed by atoms with Crippen LogP contribution in [-0.4, -0.2) is 24.0 Å². The third kappa shape index (κ3) is 3.37. The Morgan fingerprint density at radius 3 is 2.80 bits per heavy atom. The lowest BCUT2D eigenvalue weighted by atomic mass is 10.3. The fraction of sp³-hybridized carbons (Fsp3) is 0.250. The molecule has 0 aromatic carbocycles. The van der Waals surface area contributed by atoms with Crippen LogP contribution < -0.4 is 10.2 Å². The highest BCUT2D eigenvalue weighted by Crippen LogP contribution is 2.26. The Morgan fingerprint density at radius 2 is 2.25 bits per heavy atom. The van der Waals surface area contributed by atoms with Crippen LogP contribution in [0.2, 0.25) is 4.34 Å². The van der Waals surface area contributed by atoms with Gasteiger partial charge in [0.05, 0.1) is 27.9 Å². The fourth-order valence-corrected chi connectivity index (χ4v) is 2.82. The Kier molecular flexibility index (Phi) is 4.41. The molecule has 2 heterocycles. The van der Waals surface area contributed by atoms with Crippen molar-refractivity contribution in [3.8, 4) is 0 Å². The van der Waals surface area contributed by atoms with Crippen molar-refractivity contribution in [2.45, 2.75) is 6.54 Å². The average molecular weight is 313 g/mol. The molecule has 0 amide bonds. The Hall–Kier alpha value is -1.86. The van der Waals surface area contributed by atoms with E-state index in [1.807, 2.05) is 24.1 Å². The van der Waals surface area contributed by atoms with Gasteiger partial charge in [0.1, 0.15) is 11.6 Å². The predicted molar refractivity (Wildman–Crippen MR) is 81.9 cm³/mol. The lowest BCUT2D eigenvalue weighted by molar-refractivity contribution is -0.384. The van der Waals surface area contributed by atoms with Gasteiger partial charge in [-0.1, -0.05) is 11.6 Å². The summed E-state index contributed by atoms with van der Waals surface area (Å²) in [5.74, 6) is 0.998. The van der Waals surface area contributed by atoms with Gasteiger partial charge in [-0.25, -0.2) is 4.98 Å². The minimum Gasteiger partial charge on any atom is -0.373 e. The summed E-state index contributed by atoms with van der Waals surface area (Å²) >= 11 is 7.37. The number of hydrogen-bond donors (Lipinski definition) is 1. The van der Waals surface area contributed by atoms with Crippen LogP contribution in [0.1, 0.15) is 4.88 Å². The number of nitrogens with zero attached hydrogens (tertiary/aromatic N) is 3. The van der Waals surface area contributed by atoms with E-state index in [9.17, 15) is 10.1 Å². The van der Waals surface area contributed by atoms with Gasteiger partial charge in [0, 0.05) is 19.0 Å². The van der Waals surface area contributed by atoms with E-state index < -0.39 is 4.92 Å². The highest BCUT2D eigenvalue weighted by atomic mass is 35.5. The van der Waals surface area contributed by atoms with Gasteiger partial charge in [0.25, 0.3) is 5.69 Å². The molecule has 0 radical (unpaired) electrons. The van der Waals surface area contributed by atoms with Crippen molar-refractivity contribution in [1.82, 2.24) is 4.98 Å². The molecule has 0 aliphatic rings. The summed E-state index contributed by atoms with van der Waals surface area (Å²) in [5.41, 5.74) is 0.00964. The third-order valence-corrected chi connectivity index (χ3v) is 3.89. The van der Waals surface area contributed by atoms with Crippen LogP contribution in [0.15, 0.2) is 24.3 Å². The number of anilines is 2. The molecule has 0 unspecified atom stereocenters. The second-order valence-corrected chi connectivity index (χ2v) is 5.94. The van der Waals surface area contributed by atoms with Crippen LogP contribution in [-0.2, 0) is 6.54 Å². The average Bonchev–Trinajstić information content (AvgIpc) is 2.83. The van der Waals surface area contributed by atoms with Gasteiger partial charge in [-0.05, 0) is 12.1 Å². The lowest BCUT2D eigenvalue weighted by Crippen LogP contribution is -2.17. The van der Waals surface area contributed by atoms with E-state index in [0.29, 0.717) is 18.2 Å². The van der Waals surface area contributed by atoms with E-state index in [1.54, 1.807) is 7.05 Å². The molecule has 0 aliphatic heterocycles.